The van der Waals surface area contributed by atoms with Gasteiger partial charge in [-0.2, -0.15) is 0 Å². The maximum Gasteiger partial charge on any atom is 0.354 e. The van der Waals surface area contributed by atoms with Crippen molar-refractivity contribution in [1.82, 2.24) is 4.90 Å². The molecule has 1 aromatic carbocycles. The van der Waals surface area contributed by atoms with Gasteiger partial charge in [0.05, 0.1) is 6.34 Å². The van der Waals surface area contributed by atoms with Gasteiger partial charge in [-0.15, -0.1) is 0 Å². The van der Waals surface area contributed by atoms with E-state index in [-0.39, 0.29) is 5.70 Å². The number of carboxylic acids is 1. The number of aliphatic carboxylic acids is 1. The highest BCUT2D eigenvalue weighted by molar-refractivity contribution is 5.88. The molecule has 1 fully saturated rings. The van der Waals surface area contributed by atoms with E-state index < -0.39 is 5.97 Å². The second-order valence-corrected chi connectivity index (χ2v) is 5.35. The molecule has 2 aliphatic rings. The summed E-state index contributed by atoms with van der Waals surface area (Å²) in [5.41, 5.74) is 1.52. The quantitative estimate of drug-likeness (QED) is 0.918. The Hall–Kier alpha value is -2.10. The Bertz CT molecular complexity index is 551. The fraction of sp³-hybridized carbons (Fsp3) is 0.375. The zero-order chi connectivity index (χ0) is 13.9. The van der Waals surface area contributed by atoms with Crippen LogP contribution in [0, 0.1) is 0 Å². The van der Waals surface area contributed by atoms with Crippen LogP contribution in [0.2, 0.25) is 0 Å². The summed E-state index contributed by atoms with van der Waals surface area (Å²) >= 11 is 0. The maximum atomic E-state index is 10.9. The fourth-order valence-corrected chi connectivity index (χ4v) is 3.22. The van der Waals surface area contributed by atoms with Crippen LogP contribution in [0.25, 0.3) is 0 Å². The van der Waals surface area contributed by atoms with Crippen molar-refractivity contribution in [1.29, 1.82) is 0 Å². The Morgan fingerprint density at radius 1 is 1.25 bits per heavy atom. The summed E-state index contributed by atoms with van der Waals surface area (Å²) in [6.07, 6.45) is 6.94. The van der Waals surface area contributed by atoms with Gasteiger partial charge in [-0.05, 0) is 24.5 Å². The van der Waals surface area contributed by atoms with Crippen LogP contribution >= 0.6 is 0 Å². The van der Waals surface area contributed by atoms with Crippen molar-refractivity contribution in [3.63, 3.8) is 0 Å². The average molecular weight is 270 g/mol. The van der Waals surface area contributed by atoms with Gasteiger partial charge in [0, 0.05) is 18.5 Å². The molecule has 0 spiro atoms. The van der Waals surface area contributed by atoms with Crippen LogP contribution < -0.4 is 0 Å². The van der Waals surface area contributed by atoms with Gasteiger partial charge >= 0.3 is 5.97 Å². The summed E-state index contributed by atoms with van der Waals surface area (Å²) in [6.45, 7) is 0.638. The highest BCUT2D eigenvalue weighted by Gasteiger charge is 2.32. The summed E-state index contributed by atoms with van der Waals surface area (Å²) in [5, 5.41) is 8.92. The molecule has 1 aliphatic carbocycles. The summed E-state index contributed by atoms with van der Waals surface area (Å²) in [4.78, 5) is 17.1. The minimum absolute atomic E-state index is 0.149. The first-order valence-corrected chi connectivity index (χ1v) is 7.04. The number of carboxylic acid groups (broad SMARTS) is 1. The van der Waals surface area contributed by atoms with E-state index in [1.807, 2.05) is 6.07 Å². The molecule has 4 nitrogen and oxygen atoms in total. The van der Waals surface area contributed by atoms with Gasteiger partial charge in [-0.3, -0.25) is 0 Å². The van der Waals surface area contributed by atoms with E-state index in [0.717, 1.165) is 6.42 Å². The minimum atomic E-state index is -0.952. The molecule has 0 aromatic heterocycles. The molecule has 4 heteroatoms. The topological polar surface area (TPSA) is 52.9 Å². The Balaban J connectivity index is 1.75. The van der Waals surface area contributed by atoms with Crippen molar-refractivity contribution in [2.75, 3.05) is 6.54 Å². The van der Waals surface area contributed by atoms with Crippen LogP contribution in [0.3, 0.4) is 0 Å². The van der Waals surface area contributed by atoms with Crippen molar-refractivity contribution < 1.29 is 9.90 Å². The van der Waals surface area contributed by atoms with Crippen LogP contribution in [-0.4, -0.2) is 34.9 Å². The van der Waals surface area contributed by atoms with Gasteiger partial charge in [-0.25, -0.2) is 9.79 Å². The Morgan fingerprint density at radius 2 is 2.05 bits per heavy atom. The second-order valence-electron chi connectivity index (χ2n) is 5.35. The third-order valence-electron chi connectivity index (χ3n) is 4.19. The number of nitrogens with zero attached hydrogens (tertiary/aromatic N) is 2. The lowest BCUT2D eigenvalue weighted by molar-refractivity contribution is -0.132. The van der Waals surface area contributed by atoms with E-state index >= 15 is 0 Å². The summed E-state index contributed by atoms with van der Waals surface area (Å²) in [7, 11) is 0. The van der Waals surface area contributed by atoms with Crippen molar-refractivity contribution in [2.45, 2.75) is 31.2 Å². The summed E-state index contributed by atoms with van der Waals surface area (Å²) in [5.74, 6) is -0.436. The fourth-order valence-electron chi connectivity index (χ4n) is 3.22. The van der Waals surface area contributed by atoms with Crippen LogP contribution in [0.4, 0.5) is 0 Å². The lowest BCUT2D eigenvalue weighted by atomic mass is 9.93. The number of hydrogen-bond acceptors (Lipinski definition) is 3. The maximum absolute atomic E-state index is 10.9. The lowest BCUT2D eigenvalue weighted by Crippen LogP contribution is -2.37. The molecule has 3 rings (SSSR count). The van der Waals surface area contributed by atoms with E-state index in [1.165, 1.54) is 18.4 Å². The largest absolute Gasteiger partial charge is 0.477 e. The predicted octanol–water partition coefficient (Wildman–Crippen LogP) is 2.64. The second kappa shape index (κ2) is 5.49. The lowest BCUT2D eigenvalue weighted by Gasteiger charge is -2.32. The predicted molar refractivity (Wildman–Crippen MR) is 77.7 cm³/mol. The van der Waals surface area contributed by atoms with Gasteiger partial charge in [0.15, 0.2) is 0 Å². The number of aliphatic imine (C=N–C) groups is 1. The molecule has 1 aliphatic heterocycles. The molecule has 104 valence electrons. The molecule has 0 bridgehead atoms. The first-order chi connectivity index (χ1) is 9.75. The van der Waals surface area contributed by atoms with Crippen LogP contribution in [0.5, 0.6) is 0 Å². The molecular weight excluding hydrogens is 252 g/mol. The average Bonchev–Trinajstić information content (AvgIpc) is 2.97. The van der Waals surface area contributed by atoms with Crippen LogP contribution in [0.15, 0.2) is 47.1 Å². The van der Waals surface area contributed by atoms with Gasteiger partial charge in [0.1, 0.15) is 5.70 Å². The molecule has 1 N–H and O–H groups in total. The third kappa shape index (κ3) is 2.46. The molecule has 1 heterocycles. The monoisotopic (exact) mass is 270 g/mol. The highest BCUT2D eigenvalue weighted by atomic mass is 16.4. The number of hydrogen-bond donors (Lipinski definition) is 1. The molecule has 2 atom stereocenters. The Labute approximate surface area is 118 Å². The van der Waals surface area contributed by atoms with Gasteiger partial charge in [0.25, 0.3) is 0 Å². The van der Waals surface area contributed by atoms with E-state index in [1.54, 1.807) is 12.4 Å². The van der Waals surface area contributed by atoms with Gasteiger partial charge in [-0.1, -0.05) is 36.8 Å². The van der Waals surface area contributed by atoms with Crippen molar-refractivity contribution in [2.24, 2.45) is 4.99 Å². The molecular formula is C16H18N2O2. The SMILES string of the molecule is O=C(O)C1=CCN([C@@H]2CCC[C@H]2c2ccccc2)C=N1. The number of benzene rings is 1. The van der Waals surface area contributed by atoms with Gasteiger partial charge in [0.2, 0.25) is 0 Å². The molecule has 0 amide bonds. The Morgan fingerprint density at radius 3 is 2.70 bits per heavy atom. The number of carbonyl (C=O) groups is 1. The van der Waals surface area contributed by atoms with E-state index in [2.05, 4.69) is 34.2 Å². The van der Waals surface area contributed by atoms with Crippen molar-refractivity contribution in [3.8, 4) is 0 Å². The molecule has 1 saturated carbocycles. The van der Waals surface area contributed by atoms with Crippen LogP contribution in [0.1, 0.15) is 30.7 Å². The van der Waals surface area contributed by atoms with Crippen molar-refractivity contribution in [3.05, 3.63) is 47.7 Å². The molecule has 0 unspecified atom stereocenters. The van der Waals surface area contributed by atoms with E-state index in [9.17, 15) is 4.79 Å². The normalized spacial score (nSPS) is 25.6. The van der Waals surface area contributed by atoms with E-state index in [4.69, 9.17) is 5.11 Å². The first kappa shape index (κ1) is 12.9. The molecule has 0 saturated heterocycles. The summed E-state index contributed by atoms with van der Waals surface area (Å²) in [6, 6.07) is 11.0. The Kier molecular flexibility index (Phi) is 3.54. The number of rotatable bonds is 3. The molecule has 0 radical (unpaired) electrons. The minimum Gasteiger partial charge on any atom is -0.477 e. The zero-order valence-corrected chi connectivity index (χ0v) is 11.3. The smallest absolute Gasteiger partial charge is 0.354 e. The first-order valence-electron chi connectivity index (χ1n) is 7.04. The van der Waals surface area contributed by atoms with Gasteiger partial charge < -0.3 is 10.0 Å². The van der Waals surface area contributed by atoms with Crippen molar-refractivity contribution >= 4 is 12.3 Å². The highest BCUT2D eigenvalue weighted by Crippen LogP contribution is 2.37. The van der Waals surface area contributed by atoms with E-state index in [0.29, 0.717) is 18.5 Å². The standard InChI is InChI=1S/C16H18N2O2/c19-16(20)14-9-10-18(11-17-14)15-8-4-7-13(15)12-5-2-1-3-6-12/h1-3,5-6,9,11,13,15H,4,7-8,10H2,(H,19,20)/t13-,15+/m0/s1. The third-order valence-corrected chi connectivity index (χ3v) is 4.19. The molecule has 20 heavy (non-hydrogen) atoms. The zero-order valence-electron chi connectivity index (χ0n) is 11.3. The summed E-state index contributed by atoms with van der Waals surface area (Å²) < 4.78 is 0. The molecule has 1 aromatic rings. The van der Waals surface area contributed by atoms with Crippen LogP contribution in [-0.2, 0) is 4.79 Å².